The van der Waals surface area contributed by atoms with Crippen LogP contribution in [-0.2, 0) is 4.79 Å². The Morgan fingerprint density at radius 2 is 1.58 bits per heavy atom. The number of hydrogen-bond acceptors (Lipinski definition) is 5. The second-order valence-electron chi connectivity index (χ2n) is 5.29. The monoisotopic (exact) mass is 373 g/mol. The molecule has 0 spiro atoms. The van der Waals surface area contributed by atoms with Crippen LogP contribution in [0.4, 0.5) is 0 Å². The fourth-order valence-electron chi connectivity index (χ4n) is 1.91. The molecule has 0 aromatic heterocycles. The predicted molar refractivity (Wildman–Crippen MR) is 101 cm³/mol. The Morgan fingerprint density at radius 3 is 2.19 bits per heavy atom. The molecule has 0 bridgehead atoms. The lowest BCUT2D eigenvalue weighted by Gasteiger charge is -2.11. The number of benzene rings is 2. The molecule has 0 unspecified atom stereocenters. The number of carbonyl (C=O) groups excluding carboxylic acids is 2. The van der Waals surface area contributed by atoms with E-state index < -0.39 is 5.91 Å². The van der Waals surface area contributed by atoms with Crippen LogP contribution >= 0.6 is 12.2 Å². The molecule has 136 valence electrons. The van der Waals surface area contributed by atoms with Gasteiger partial charge in [0.15, 0.2) is 11.7 Å². The molecule has 0 aliphatic heterocycles. The Labute approximate surface area is 156 Å². The number of nitrogens with one attached hydrogen (secondary N) is 3. The van der Waals surface area contributed by atoms with E-state index in [1.54, 1.807) is 43.5 Å². The van der Waals surface area contributed by atoms with Crippen LogP contribution in [0, 0.1) is 6.92 Å². The van der Waals surface area contributed by atoms with Crippen LogP contribution < -0.4 is 25.6 Å². The highest BCUT2D eigenvalue weighted by Gasteiger charge is 2.08. The van der Waals surface area contributed by atoms with Crippen LogP contribution in [0.2, 0.25) is 0 Å². The summed E-state index contributed by atoms with van der Waals surface area (Å²) >= 11 is 4.95. The van der Waals surface area contributed by atoms with E-state index in [2.05, 4.69) is 16.2 Å². The zero-order chi connectivity index (χ0) is 18.9. The summed E-state index contributed by atoms with van der Waals surface area (Å²) in [5.74, 6) is 0.392. The van der Waals surface area contributed by atoms with Gasteiger partial charge in [-0.25, -0.2) is 0 Å². The van der Waals surface area contributed by atoms with Crippen LogP contribution in [0.25, 0.3) is 0 Å². The van der Waals surface area contributed by atoms with Crippen molar-refractivity contribution in [2.45, 2.75) is 6.92 Å². The van der Waals surface area contributed by atoms with E-state index in [0.717, 1.165) is 5.56 Å². The number of methoxy groups -OCH3 is 1. The van der Waals surface area contributed by atoms with E-state index in [9.17, 15) is 9.59 Å². The van der Waals surface area contributed by atoms with Crippen molar-refractivity contribution in [1.29, 1.82) is 0 Å². The van der Waals surface area contributed by atoms with Gasteiger partial charge in [0.2, 0.25) is 0 Å². The SMILES string of the molecule is COc1ccc(OCC(=O)NC(=S)NNC(=O)c2ccc(C)cc2)cc1. The van der Waals surface area contributed by atoms with Gasteiger partial charge < -0.3 is 9.47 Å². The number of hydrazine groups is 1. The van der Waals surface area contributed by atoms with Gasteiger partial charge in [-0.15, -0.1) is 0 Å². The van der Waals surface area contributed by atoms with Crippen molar-refractivity contribution >= 4 is 29.1 Å². The minimum absolute atomic E-state index is 0.0335. The van der Waals surface area contributed by atoms with Crippen molar-refractivity contribution in [2.75, 3.05) is 13.7 Å². The molecule has 0 heterocycles. The smallest absolute Gasteiger partial charge is 0.269 e. The van der Waals surface area contributed by atoms with Crippen molar-refractivity contribution in [1.82, 2.24) is 16.2 Å². The van der Waals surface area contributed by atoms with Crippen molar-refractivity contribution in [3.8, 4) is 11.5 Å². The topological polar surface area (TPSA) is 88.7 Å². The van der Waals surface area contributed by atoms with Crippen molar-refractivity contribution in [3.63, 3.8) is 0 Å². The minimum atomic E-state index is -0.456. The Bertz CT molecular complexity index is 776. The highest BCUT2D eigenvalue weighted by atomic mass is 32.1. The van der Waals surface area contributed by atoms with Crippen molar-refractivity contribution in [2.24, 2.45) is 0 Å². The molecule has 0 saturated heterocycles. The number of rotatable bonds is 5. The van der Waals surface area contributed by atoms with Gasteiger partial charge in [0, 0.05) is 5.56 Å². The summed E-state index contributed by atoms with van der Waals surface area (Å²) in [6, 6.07) is 13.8. The van der Waals surface area contributed by atoms with Gasteiger partial charge in [-0.2, -0.15) is 0 Å². The Kier molecular flexibility index (Phi) is 6.92. The number of amides is 2. The second kappa shape index (κ2) is 9.38. The number of thiocarbonyl (C=S) groups is 1. The molecule has 0 saturated carbocycles. The number of hydrogen-bond donors (Lipinski definition) is 3. The number of aryl methyl sites for hydroxylation is 1. The first-order valence-electron chi connectivity index (χ1n) is 7.71. The maximum absolute atomic E-state index is 11.9. The molecule has 2 rings (SSSR count). The average molecular weight is 373 g/mol. The zero-order valence-electron chi connectivity index (χ0n) is 14.4. The summed E-state index contributed by atoms with van der Waals surface area (Å²) < 4.78 is 10.4. The molecule has 0 aliphatic rings. The number of carbonyl (C=O) groups is 2. The molecular weight excluding hydrogens is 354 g/mol. The fourth-order valence-corrected chi connectivity index (χ4v) is 2.07. The third kappa shape index (κ3) is 6.06. The highest BCUT2D eigenvalue weighted by molar-refractivity contribution is 7.80. The zero-order valence-corrected chi connectivity index (χ0v) is 15.2. The van der Waals surface area contributed by atoms with Crippen LogP contribution in [0.15, 0.2) is 48.5 Å². The quantitative estimate of drug-likeness (QED) is 0.546. The molecule has 2 aromatic carbocycles. The van der Waals surface area contributed by atoms with Crippen LogP contribution in [-0.4, -0.2) is 30.6 Å². The largest absolute Gasteiger partial charge is 0.497 e. The van der Waals surface area contributed by atoms with Gasteiger partial charge in [-0.3, -0.25) is 25.8 Å². The van der Waals surface area contributed by atoms with Gasteiger partial charge in [-0.05, 0) is 55.5 Å². The maximum atomic E-state index is 11.9. The molecule has 2 aromatic rings. The summed E-state index contributed by atoms with van der Waals surface area (Å²) in [5.41, 5.74) is 6.40. The van der Waals surface area contributed by atoms with E-state index in [1.807, 2.05) is 19.1 Å². The van der Waals surface area contributed by atoms with E-state index >= 15 is 0 Å². The lowest BCUT2D eigenvalue weighted by atomic mass is 10.1. The lowest BCUT2D eigenvalue weighted by molar-refractivity contribution is -0.121. The summed E-state index contributed by atoms with van der Waals surface area (Å²) in [6.07, 6.45) is 0. The highest BCUT2D eigenvalue weighted by Crippen LogP contribution is 2.16. The molecule has 2 amide bonds. The Balaban J connectivity index is 1.71. The molecule has 0 aliphatic carbocycles. The molecule has 8 heteroatoms. The van der Waals surface area contributed by atoms with Gasteiger partial charge in [0.1, 0.15) is 11.5 Å². The van der Waals surface area contributed by atoms with Gasteiger partial charge >= 0.3 is 0 Å². The first-order chi connectivity index (χ1) is 12.5. The van der Waals surface area contributed by atoms with Crippen LogP contribution in [0.1, 0.15) is 15.9 Å². The summed E-state index contributed by atoms with van der Waals surface area (Å²) in [4.78, 5) is 23.7. The minimum Gasteiger partial charge on any atom is -0.497 e. The second-order valence-corrected chi connectivity index (χ2v) is 5.69. The van der Waals surface area contributed by atoms with Gasteiger partial charge in [0.05, 0.1) is 7.11 Å². The third-order valence-electron chi connectivity index (χ3n) is 3.29. The normalized spacial score (nSPS) is 9.77. The van der Waals surface area contributed by atoms with E-state index in [0.29, 0.717) is 17.1 Å². The van der Waals surface area contributed by atoms with Crippen molar-refractivity contribution < 1.29 is 19.1 Å². The first kappa shape index (κ1) is 19.2. The predicted octanol–water partition coefficient (Wildman–Crippen LogP) is 1.72. The Hall–Kier alpha value is -3.13. The fraction of sp³-hybridized carbons (Fsp3) is 0.167. The lowest BCUT2D eigenvalue weighted by Crippen LogP contribution is -2.49. The Morgan fingerprint density at radius 1 is 0.962 bits per heavy atom. The molecule has 0 atom stereocenters. The molecular formula is C18H19N3O4S. The van der Waals surface area contributed by atoms with Crippen molar-refractivity contribution in [3.05, 3.63) is 59.7 Å². The average Bonchev–Trinajstić information content (AvgIpc) is 2.65. The van der Waals surface area contributed by atoms with E-state index in [1.165, 1.54) is 0 Å². The summed E-state index contributed by atoms with van der Waals surface area (Å²) in [7, 11) is 1.56. The standard InChI is InChI=1S/C18H19N3O4S/c1-12-3-5-13(6-4-12)17(23)20-21-18(26)19-16(22)11-25-15-9-7-14(24-2)8-10-15/h3-10H,11H2,1-2H3,(H,20,23)(H2,19,21,22,26). The van der Waals surface area contributed by atoms with Crippen LogP contribution in [0.3, 0.4) is 0 Å². The first-order valence-corrected chi connectivity index (χ1v) is 8.12. The molecule has 0 fully saturated rings. The molecule has 7 nitrogen and oxygen atoms in total. The summed E-state index contributed by atoms with van der Waals surface area (Å²) in [5, 5.41) is 2.37. The van der Waals surface area contributed by atoms with Crippen LogP contribution in [0.5, 0.6) is 11.5 Å². The van der Waals surface area contributed by atoms with Gasteiger partial charge in [0.25, 0.3) is 11.8 Å². The van der Waals surface area contributed by atoms with E-state index in [-0.39, 0.29) is 17.6 Å². The molecule has 0 radical (unpaired) electrons. The molecule has 26 heavy (non-hydrogen) atoms. The maximum Gasteiger partial charge on any atom is 0.269 e. The molecule has 3 N–H and O–H groups in total. The third-order valence-corrected chi connectivity index (χ3v) is 3.49. The summed E-state index contributed by atoms with van der Waals surface area (Å²) in [6.45, 7) is 1.71. The van der Waals surface area contributed by atoms with Gasteiger partial charge in [-0.1, -0.05) is 17.7 Å². The van der Waals surface area contributed by atoms with E-state index in [4.69, 9.17) is 21.7 Å². The number of ether oxygens (including phenoxy) is 2.